The standard InChI is InChI=1S/Li.2Mn.8O.Y/q+1;;;;;;;4*-1;+3. The topological polar surface area (TPSA) is 161 Å². The molecule has 0 aliphatic rings. The quantitative estimate of drug-likeness (QED) is 0.395. The first-order chi connectivity index (χ1) is 4.00. The Morgan fingerprint density at radius 2 is 0.667 bits per heavy atom. The zero-order valence-electron chi connectivity index (χ0n) is 5.60. The predicted octanol–water partition coefficient (Wildman–Crippen LogP) is -8.23. The van der Waals surface area contributed by atoms with E-state index in [1.807, 2.05) is 0 Å². The fourth-order valence-electron chi connectivity index (χ4n) is 0. The van der Waals surface area contributed by atoms with Crippen LogP contribution in [0.15, 0.2) is 0 Å². The minimum Gasteiger partial charge on any atom is 3.00 e. The monoisotopic (exact) mass is 334 g/mol. The molecule has 0 aromatic rings. The van der Waals surface area contributed by atoms with Crippen LogP contribution in [0.2, 0.25) is 0 Å². The van der Waals surface area contributed by atoms with Crippen LogP contribution < -0.4 is 35.6 Å². The van der Waals surface area contributed by atoms with Crippen LogP contribution in [0.4, 0.5) is 0 Å². The average molecular weight is 334 g/mol. The molecule has 0 aromatic heterocycles. The molecular formula is LiMn2O8Y. The van der Waals surface area contributed by atoms with Gasteiger partial charge in [-0.3, -0.25) is 0 Å². The zero-order chi connectivity index (χ0) is 9.00. The minimum absolute atomic E-state index is 0. The Bertz CT molecular complexity index is 213. The molecule has 8 nitrogen and oxygen atoms in total. The number of hydrogen-bond acceptors (Lipinski definition) is 8. The molecule has 0 atom stereocenters. The maximum atomic E-state index is 8.58. The van der Waals surface area contributed by atoms with E-state index in [0.29, 0.717) is 0 Å². The van der Waals surface area contributed by atoms with Gasteiger partial charge in [0.2, 0.25) is 0 Å². The molecule has 0 heterocycles. The summed E-state index contributed by atoms with van der Waals surface area (Å²) in [7, 11) is 0. The van der Waals surface area contributed by atoms with Crippen molar-refractivity contribution in [3.8, 4) is 0 Å². The molecule has 0 rings (SSSR count). The van der Waals surface area contributed by atoms with E-state index in [0.717, 1.165) is 0 Å². The van der Waals surface area contributed by atoms with Gasteiger partial charge in [-0.2, -0.15) is 0 Å². The van der Waals surface area contributed by atoms with E-state index in [4.69, 9.17) is 32.1 Å². The third-order valence-electron chi connectivity index (χ3n) is 0. The van der Waals surface area contributed by atoms with E-state index in [1.165, 1.54) is 0 Å². The molecule has 0 spiro atoms. The predicted molar refractivity (Wildman–Crippen MR) is 2.75 cm³/mol. The molecule has 0 aromatic carbocycles. The summed E-state index contributed by atoms with van der Waals surface area (Å²) >= 11 is -11.2. The van der Waals surface area contributed by atoms with Gasteiger partial charge in [0.1, 0.15) is 0 Å². The van der Waals surface area contributed by atoms with Gasteiger partial charge in [0.05, 0.1) is 0 Å². The van der Waals surface area contributed by atoms with Crippen LogP contribution in [0, 0.1) is 0 Å². The Balaban J connectivity index is -0.0000000457. The first-order valence-electron chi connectivity index (χ1n) is 1.23. The van der Waals surface area contributed by atoms with Gasteiger partial charge in [-0.25, -0.2) is 0 Å². The maximum Gasteiger partial charge on any atom is 3.00 e. The molecule has 0 radical (unpaired) electrons. The van der Waals surface area contributed by atoms with Crippen molar-refractivity contribution in [2.75, 3.05) is 0 Å². The normalized spacial score (nSPS) is 9.67. The van der Waals surface area contributed by atoms with Crippen LogP contribution in [0.5, 0.6) is 0 Å². The second-order valence-electron chi connectivity index (χ2n) is 0.756. The van der Waals surface area contributed by atoms with E-state index in [2.05, 4.69) is 0 Å². The van der Waals surface area contributed by atoms with Gasteiger partial charge < -0.3 is 0 Å². The Hall–Kier alpha value is 1.78. The Morgan fingerprint density at radius 1 is 0.667 bits per heavy atom. The Kier molecular flexibility index (Phi) is 18.3. The van der Waals surface area contributed by atoms with Gasteiger partial charge in [0.15, 0.2) is 0 Å². The molecule has 0 saturated carbocycles. The van der Waals surface area contributed by atoms with Crippen LogP contribution in [0.25, 0.3) is 0 Å². The van der Waals surface area contributed by atoms with Crippen molar-refractivity contribution in [2.24, 2.45) is 0 Å². The summed E-state index contributed by atoms with van der Waals surface area (Å²) in [5.41, 5.74) is 0. The van der Waals surface area contributed by atoms with Gasteiger partial charge in [0, 0.05) is 0 Å². The van der Waals surface area contributed by atoms with Crippen molar-refractivity contribution in [3.05, 3.63) is 0 Å². The molecule has 0 bridgehead atoms. The van der Waals surface area contributed by atoms with E-state index in [9.17, 15) is 0 Å². The first kappa shape index (κ1) is 23.5. The molecule has 0 fully saturated rings. The third-order valence-corrected chi connectivity index (χ3v) is 0. The maximum absolute atomic E-state index is 8.58. The molecule has 0 amide bonds. The van der Waals surface area contributed by atoms with Crippen LogP contribution >= 0.6 is 0 Å². The third kappa shape index (κ3) is 432. The van der Waals surface area contributed by atoms with Crippen LogP contribution in [0.3, 0.4) is 0 Å². The minimum atomic E-state index is -5.62. The molecule has 0 aliphatic carbocycles. The van der Waals surface area contributed by atoms with Gasteiger partial charge in [-0.1, -0.05) is 0 Å². The smallest absolute Gasteiger partial charge is 3.00 e. The fourth-order valence-corrected chi connectivity index (χ4v) is 0. The SMILES string of the molecule is [Li+].[O]=[Mn](=[O])([O-])[O-].[O]=[Mn](=[O])([O-])[O-].[Y+3]. The van der Waals surface area contributed by atoms with E-state index in [-0.39, 0.29) is 51.6 Å². The molecule has 0 aliphatic heterocycles. The van der Waals surface area contributed by atoms with Crippen molar-refractivity contribution >= 4 is 0 Å². The Labute approximate surface area is 109 Å². The van der Waals surface area contributed by atoms with Crippen molar-refractivity contribution in [1.82, 2.24) is 0 Å². The Morgan fingerprint density at radius 3 is 0.667 bits per heavy atom. The van der Waals surface area contributed by atoms with Crippen LogP contribution in [0.1, 0.15) is 0 Å². The molecule has 12 heteroatoms. The van der Waals surface area contributed by atoms with Crippen molar-refractivity contribution in [1.29, 1.82) is 0 Å². The van der Waals surface area contributed by atoms with Crippen molar-refractivity contribution in [2.45, 2.75) is 0 Å². The average Bonchev–Trinajstić information content (AvgIpc) is 1.12. The van der Waals surface area contributed by atoms with Crippen molar-refractivity contribution in [3.63, 3.8) is 0 Å². The number of hydrogen-bond donors (Lipinski definition) is 0. The van der Waals surface area contributed by atoms with Gasteiger partial charge in [0.25, 0.3) is 0 Å². The number of rotatable bonds is 0. The summed E-state index contributed by atoms with van der Waals surface area (Å²) in [4.78, 5) is 0. The summed E-state index contributed by atoms with van der Waals surface area (Å²) in [6.07, 6.45) is 0. The van der Waals surface area contributed by atoms with E-state index >= 15 is 0 Å². The molecule has 66 valence electrons. The van der Waals surface area contributed by atoms with Crippen molar-refractivity contribution < 1.29 is 110 Å². The molecule has 0 N–H and O–H groups in total. The summed E-state index contributed by atoms with van der Waals surface area (Å²) < 4.78 is 68.6. The summed E-state index contributed by atoms with van der Waals surface area (Å²) in [6, 6.07) is 0. The van der Waals surface area contributed by atoms with Gasteiger partial charge in [-0.15, -0.1) is 0 Å². The fraction of sp³-hybridized carbons (Fsp3) is 0. The molecule has 0 unspecified atom stereocenters. The summed E-state index contributed by atoms with van der Waals surface area (Å²) in [5, 5.41) is 0. The molecule has 0 saturated heterocycles. The zero-order valence-corrected chi connectivity index (χ0v) is 10.8. The van der Waals surface area contributed by atoms with Gasteiger partial charge in [-0.05, 0) is 0 Å². The second-order valence-corrected chi connectivity index (χ2v) is 3.12. The summed E-state index contributed by atoms with van der Waals surface area (Å²) in [5.74, 6) is 0. The van der Waals surface area contributed by atoms with Crippen LogP contribution in [-0.4, -0.2) is 0 Å². The first-order valence-corrected chi connectivity index (χ1v) is 5.09. The second kappa shape index (κ2) is 9.34. The van der Waals surface area contributed by atoms with E-state index in [1.54, 1.807) is 0 Å². The van der Waals surface area contributed by atoms with Crippen LogP contribution in [-0.2, 0) is 74.8 Å². The molecule has 12 heavy (non-hydrogen) atoms. The van der Waals surface area contributed by atoms with E-state index < -0.39 is 26.7 Å². The molecular weight excluding hydrogens is 334 g/mol. The largest absolute Gasteiger partial charge is 3.00 e. The van der Waals surface area contributed by atoms with Gasteiger partial charge >= 0.3 is 110 Å². The summed E-state index contributed by atoms with van der Waals surface area (Å²) in [6.45, 7) is 0.